The molecule has 0 atom stereocenters. The maximum absolute atomic E-state index is 11.7. The predicted octanol–water partition coefficient (Wildman–Crippen LogP) is 4.85. The van der Waals surface area contributed by atoms with Crippen LogP contribution in [0.4, 0.5) is 0 Å². The molecule has 0 aliphatic rings. The zero-order valence-electron chi connectivity index (χ0n) is 14.6. The highest BCUT2D eigenvalue weighted by Crippen LogP contribution is 2.36. The lowest BCUT2D eigenvalue weighted by Crippen LogP contribution is -2.04. The topological polar surface area (TPSA) is 71.5 Å². The number of nitrogens with zero attached hydrogens (tertiary/aromatic N) is 3. The van der Waals surface area contributed by atoms with Crippen molar-refractivity contribution >= 4 is 33.5 Å². The number of fused-ring (bicyclic) bond motifs is 2. The molecule has 1 N–H and O–H groups in total. The highest BCUT2D eigenvalue weighted by Gasteiger charge is 2.14. The van der Waals surface area contributed by atoms with Gasteiger partial charge < -0.3 is 4.98 Å². The van der Waals surface area contributed by atoms with E-state index in [4.69, 9.17) is 16.6 Å². The molecule has 4 aromatic heterocycles. The van der Waals surface area contributed by atoms with E-state index in [9.17, 15) is 4.79 Å². The molecule has 134 valence electrons. The Hall–Kier alpha value is -3.57. The first-order chi connectivity index (χ1) is 13.7. The number of halogens is 1. The maximum Gasteiger partial charge on any atom is 0.249 e. The summed E-state index contributed by atoms with van der Waals surface area (Å²) in [6, 6.07) is 16.9. The number of pyridine rings is 4. The molecule has 5 aromatic rings. The van der Waals surface area contributed by atoms with Crippen molar-refractivity contribution in [1.82, 2.24) is 19.9 Å². The van der Waals surface area contributed by atoms with E-state index < -0.39 is 0 Å². The molecule has 5 nitrogen and oxygen atoms in total. The Balaban J connectivity index is 1.85. The van der Waals surface area contributed by atoms with E-state index in [1.54, 1.807) is 24.7 Å². The third-order valence-corrected chi connectivity index (χ3v) is 4.92. The van der Waals surface area contributed by atoms with E-state index in [2.05, 4.69) is 15.0 Å². The first-order valence-corrected chi connectivity index (χ1v) is 9.06. The Labute approximate surface area is 164 Å². The van der Waals surface area contributed by atoms with Crippen molar-refractivity contribution in [3.05, 3.63) is 88.6 Å². The number of benzene rings is 1. The van der Waals surface area contributed by atoms with E-state index in [0.717, 1.165) is 38.7 Å². The molecule has 0 saturated carbocycles. The van der Waals surface area contributed by atoms with Gasteiger partial charge in [0, 0.05) is 46.6 Å². The number of aromatic nitrogens is 4. The quantitative estimate of drug-likeness (QED) is 0.472. The molecule has 0 bridgehead atoms. The SMILES string of the molecule is O=c1ccc2cc(-c3cc(Cl)c4ncccc4c3)c(-c3ccncc3)nc2[nH]1. The minimum Gasteiger partial charge on any atom is -0.307 e. The molecule has 0 radical (unpaired) electrons. The summed E-state index contributed by atoms with van der Waals surface area (Å²) in [5.41, 5.74) is 4.60. The zero-order chi connectivity index (χ0) is 19.1. The van der Waals surface area contributed by atoms with Crippen molar-refractivity contribution in [3.63, 3.8) is 0 Å². The monoisotopic (exact) mass is 384 g/mol. The lowest BCUT2D eigenvalue weighted by Gasteiger charge is -2.12. The smallest absolute Gasteiger partial charge is 0.249 e. The second kappa shape index (κ2) is 6.55. The Bertz CT molecular complexity index is 1400. The van der Waals surface area contributed by atoms with Crippen LogP contribution >= 0.6 is 11.6 Å². The molecule has 5 rings (SSSR count). The molecule has 0 aliphatic carbocycles. The number of hydrogen-bond donors (Lipinski definition) is 1. The molecule has 0 saturated heterocycles. The van der Waals surface area contributed by atoms with Gasteiger partial charge in [-0.05, 0) is 48.0 Å². The van der Waals surface area contributed by atoms with Gasteiger partial charge in [0.15, 0.2) is 0 Å². The van der Waals surface area contributed by atoms with E-state index in [1.807, 2.05) is 42.5 Å². The molecule has 4 heterocycles. The summed E-state index contributed by atoms with van der Waals surface area (Å²) in [5.74, 6) is 0. The van der Waals surface area contributed by atoms with E-state index in [-0.39, 0.29) is 5.56 Å². The molecule has 0 aliphatic heterocycles. The fourth-order valence-electron chi connectivity index (χ4n) is 3.33. The summed E-state index contributed by atoms with van der Waals surface area (Å²) in [5, 5.41) is 2.37. The molecule has 0 unspecified atom stereocenters. The van der Waals surface area contributed by atoms with Crippen molar-refractivity contribution in [2.75, 3.05) is 0 Å². The molecule has 6 heteroatoms. The highest BCUT2D eigenvalue weighted by atomic mass is 35.5. The van der Waals surface area contributed by atoms with Crippen LogP contribution in [-0.2, 0) is 0 Å². The average Bonchev–Trinajstić information content (AvgIpc) is 2.73. The third kappa shape index (κ3) is 2.82. The highest BCUT2D eigenvalue weighted by molar-refractivity contribution is 6.35. The van der Waals surface area contributed by atoms with Gasteiger partial charge in [-0.3, -0.25) is 14.8 Å². The number of rotatable bonds is 2. The van der Waals surface area contributed by atoms with Crippen molar-refractivity contribution in [2.45, 2.75) is 0 Å². The normalized spacial score (nSPS) is 11.2. The number of aromatic amines is 1. The molecule has 0 amide bonds. The lowest BCUT2D eigenvalue weighted by atomic mass is 9.97. The van der Waals surface area contributed by atoms with Crippen LogP contribution in [-0.4, -0.2) is 19.9 Å². The van der Waals surface area contributed by atoms with Gasteiger partial charge >= 0.3 is 0 Å². The van der Waals surface area contributed by atoms with E-state index in [1.165, 1.54) is 6.07 Å². The zero-order valence-corrected chi connectivity index (χ0v) is 15.3. The van der Waals surface area contributed by atoms with Crippen LogP contribution in [0.25, 0.3) is 44.3 Å². The lowest BCUT2D eigenvalue weighted by molar-refractivity contribution is 1.23. The van der Waals surface area contributed by atoms with Gasteiger partial charge in [0.25, 0.3) is 0 Å². The third-order valence-electron chi connectivity index (χ3n) is 4.63. The summed E-state index contributed by atoms with van der Waals surface area (Å²) in [4.78, 5) is 27.7. The molecular formula is C22H13ClN4O. The van der Waals surface area contributed by atoms with E-state index in [0.29, 0.717) is 10.7 Å². The Morgan fingerprint density at radius 1 is 0.857 bits per heavy atom. The molecule has 0 spiro atoms. The molecule has 28 heavy (non-hydrogen) atoms. The summed E-state index contributed by atoms with van der Waals surface area (Å²) < 4.78 is 0. The first kappa shape index (κ1) is 16.6. The van der Waals surface area contributed by atoms with Crippen LogP contribution in [0.15, 0.2) is 78.0 Å². The average molecular weight is 385 g/mol. The fraction of sp³-hybridized carbons (Fsp3) is 0. The van der Waals surface area contributed by atoms with Gasteiger partial charge in [-0.15, -0.1) is 0 Å². The number of H-pyrrole nitrogens is 1. The van der Waals surface area contributed by atoms with Crippen LogP contribution in [0.1, 0.15) is 0 Å². The standard InChI is InChI=1S/C22H13ClN4O/c23-18-12-16(10-14-2-1-7-25-21(14)18)17-11-15-3-4-19(28)26-22(15)27-20(17)13-5-8-24-9-6-13/h1-12H,(H,26,27,28). The van der Waals surface area contributed by atoms with Gasteiger partial charge in [-0.2, -0.15) is 0 Å². The molecular weight excluding hydrogens is 372 g/mol. The summed E-state index contributed by atoms with van der Waals surface area (Å²) in [6.07, 6.45) is 5.16. The first-order valence-electron chi connectivity index (χ1n) is 8.68. The summed E-state index contributed by atoms with van der Waals surface area (Å²) in [7, 11) is 0. The van der Waals surface area contributed by atoms with Crippen LogP contribution in [0.5, 0.6) is 0 Å². The van der Waals surface area contributed by atoms with Crippen LogP contribution in [0.3, 0.4) is 0 Å². The number of hydrogen-bond acceptors (Lipinski definition) is 4. The Morgan fingerprint density at radius 3 is 2.57 bits per heavy atom. The van der Waals surface area contributed by atoms with Crippen molar-refractivity contribution in [1.29, 1.82) is 0 Å². The fourth-order valence-corrected chi connectivity index (χ4v) is 3.61. The van der Waals surface area contributed by atoms with Gasteiger partial charge in [0.1, 0.15) is 5.65 Å². The van der Waals surface area contributed by atoms with Crippen LogP contribution < -0.4 is 5.56 Å². The largest absolute Gasteiger partial charge is 0.307 e. The summed E-state index contributed by atoms with van der Waals surface area (Å²) in [6.45, 7) is 0. The minimum absolute atomic E-state index is 0.187. The van der Waals surface area contributed by atoms with Gasteiger partial charge in [-0.1, -0.05) is 17.7 Å². The van der Waals surface area contributed by atoms with Crippen LogP contribution in [0, 0.1) is 0 Å². The van der Waals surface area contributed by atoms with Gasteiger partial charge in [0.2, 0.25) is 5.56 Å². The van der Waals surface area contributed by atoms with Crippen molar-refractivity contribution in [3.8, 4) is 22.4 Å². The molecule has 1 aromatic carbocycles. The van der Waals surface area contributed by atoms with Gasteiger partial charge in [0.05, 0.1) is 16.2 Å². The van der Waals surface area contributed by atoms with Gasteiger partial charge in [-0.25, -0.2) is 4.98 Å². The van der Waals surface area contributed by atoms with Crippen LogP contribution in [0.2, 0.25) is 5.02 Å². The van der Waals surface area contributed by atoms with Crippen molar-refractivity contribution in [2.24, 2.45) is 0 Å². The Morgan fingerprint density at radius 2 is 1.71 bits per heavy atom. The second-order valence-corrected chi connectivity index (χ2v) is 6.82. The minimum atomic E-state index is -0.187. The van der Waals surface area contributed by atoms with E-state index >= 15 is 0 Å². The second-order valence-electron chi connectivity index (χ2n) is 6.41. The predicted molar refractivity (Wildman–Crippen MR) is 111 cm³/mol. The van der Waals surface area contributed by atoms with Crippen molar-refractivity contribution < 1.29 is 0 Å². The molecule has 0 fully saturated rings. The Kier molecular flexibility index (Phi) is 3.88. The maximum atomic E-state index is 11.7. The number of nitrogens with one attached hydrogen (secondary N) is 1. The summed E-state index contributed by atoms with van der Waals surface area (Å²) >= 11 is 6.51.